The van der Waals surface area contributed by atoms with E-state index in [1.165, 1.54) is 12.1 Å². The predicted octanol–water partition coefficient (Wildman–Crippen LogP) is 5.17. The molecule has 0 unspecified atom stereocenters. The molecule has 1 atom stereocenters. The van der Waals surface area contributed by atoms with Crippen molar-refractivity contribution in [2.45, 2.75) is 32.7 Å². The van der Waals surface area contributed by atoms with Gasteiger partial charge in [-0.3, -0.25) is 14.9 Å². The number of hydrogen-bond acceptors (Lipinski definition) is 5. The molecule has 0 radical (unpaired) electrons. The fraction of sp³-hybridized carbons (Fsp3) is 0.333. The average Bonchev–Trinajstić information content (AvgIpc) is 3.54. The number of imidazole rings is 1. The van der Waals surface area contributed by atoms with Crippen LogP contribution in [0.5, 0.6) is 0 Å². The summed E-state index contributed by atoms with van der Waals surface area (Å²) < 4.78 is 27.8. The maximum absolute atomic E-state index is 12.9. The van der Waals surface area contributed by atoms with E-state index in [0.29, 0.717) is 25.0 Å². The molecule has 2 amide bonds. The van der Waals surface area contributed by atoms with E-state index in [-0.39, 0.29) is 39.1 Å². The Balaban J connectivity index is 1.61. The van der Waals surface area contributed by atoms with Gasteiger partial charge in [-0.15, -0.1) is 11.3 Å². The number of alkyl halides is 2. The number of aromatic nitrogens is 2. The van der Waals surface area contributed by atoms with Crippen molar-refractivity contribution in [2.24, 2.45) is 5.92 Å². The van der Waals surface area contributed by atoms with Crippen LogP contribution < -0.4 is 5.32 Å². The van der Waals surface area contributed by atoms with Crippen molar-refractivity contribution in [1.82, 2.24) is 14.5 Å². The van der Waals surface area contributed by atoms with Gasteiger partial charge < -0.3 is 9.47 Å². The van der Waals surface area contributed by atoms with Crippen LogP contribution in [0, 0.1) is 17.2 Å². The van der Waals surface area contributed by atoms with E-state index in [2.05, 4.69) is 10.3 Å². The van der Waals surface area contributed by atoms with E-state index in [9.17, 15) is 23.6 Å². The number of halogens is 2. The van der Waals surface area contributed by atoms with Crippen LogP contribution in [0.1, 0.15) is 47.3 Å². The Morgan fingerprint density at radius 2 is 2.03 bits per heavy atom. The van der Waals surface area contributed by atoms with Gasteiger partial charge in [0.1, 0.15) is 11.6 Å². The molecule has 0 aliphatic carbocycles. The Labute approximate surface area is 199 Å². The summed E-state index contributed by atoms with van der Waals surface area (Å²) in [6.07, 6.45) is -0.367. The van der Waals surface area contributed by atoms with Crippen LogP contribution in [0.4, 0.5) is 14.7 Å². The van der Waals surface area contributed by atoms with Gasteiger partial charge in [0.05, 0.1) is 26.8 Å². The van der Waals surface area contributed by atoms with Crippen molar-refractivity contribution in [3.8, 4) is 6.07 Å². The first-order chi connectivity index (χ1) is 16.3. The second-order valence-electron chi connectivity index (χ2n) is 8.38. The van der Waals surface area contributed by atoms with Gasteiger partial charge in [0.15, 0.2) is 0 Å². The molecule has 1 fully saturated rings. The van der Waals surface area contributed by atoms with E-state index in [4.69, 9.17) is 0 Å². The number of amides is 2. The summed E-state index contributed by atoms with van der Waals surface area (Å²) >= 11 is 0.739. The van der Waals surface area contributed by atoms with Gasteiger partial charge in [0, 0.05) is 13.1 Å². The largest absolute Gasteiger partial charge is 0.336 e. The standard InChI is InChI=1S/C24H23F2N5O2S/c1-14(2)11-15(12-27)23(33)30-10-9-16(13-30)31-18-6-4-3-5-17(18)28-24(31)29-22(32)20-8-7-19(34-20)21(25)26/h3-8,11,14,16,21H,9-10,13H2,1-2H3,(H,28,29,32)/b15-11+/t16-/m1/s1. The lowest BCUT2D eigenvalue weighted by atomic mass is 10.1. The lowest BCUT2D eigenvalue weighted by molar-refractivity contribution is -0.125. The van der Waals surface area contributed by atoms with E-state index < -0.39 is 12.3 Å². The molecule has 7 nitrogen and oxygen atoms in total. The third-order valence-electron chi connectivity index (χ3n) is 5.55. The van der Waals surface area contributed by atoms with Crippen LogP contribution in [0.25, 0.3) is 11.0 Å². The summed E-state index contributed by atoms with van der Waals surface area (Å²) in [5, 5.41) is 12.2. The van der Waals surface area contributed by atoms with E-state index >= 15 is 0 Å². The van der Waals surface area contributed by atoms with Crippen LogP contribution >= 0.6 is 11.3 Å². The van der Waals surface area contributed by atoms with Crippen LogP contribution in [-0.2, 0) is 4.79 Å². The number of carbonyl (C=O) groups is 2. The average molecular weight is 484 g/mol. The number of nitrogens with zero attached hydrogens (tertiary/aromatic N) is 4. The fourth-order valence-electron chi connectivity index (χ4n) is 4.05. The summed E-state index contributed by atoms with van der Waals surface area (Å²) in [5.41, 5.74) is 1.57. The molecule has 0 bridgehead atoms. The summed E-state index contributed by atoms with van der Waals surface area (Å²) in [4.78, 5) is 31.8. The summed E-state index contributed by atoms with van der Waals surface area (Å²) in [7, 11) is 0. The summed E-state index contributed by atoms with van der Waals surface area (Å²) in [6, 6.07) is 11.8. The van der Waals surface area contributed by atoms with Crippen LogP contribution in [0.2, 0.25) is 0 Å². The summed E-state index contributed by atoms with van der Waals surface area (Å²) in [5.74, 6) is -0.479. The van der Waals surface area contributed by atoms with E-state index in [0.717, 1.165) is 16.9 Å². The molecule has 1 N–H and O–H groups in total. The molecule has 1 aliphatic heterocycles. The van der Waals surface area contributed by atoms with Gasteiger partial charge in [-0.25, -0.2) is 13.8 Å². The zero-order valence-electron chi connectivity index (χ0n) is 18.7. The smallest absolute Gasteiger partial charge is 0.272 e. The first kappa shape index (κ1) is 23.6. The predicted molar refractivity (Wildman–Crippen MR) is 126 cm³/mol. The zero-order valence-corrected chi connectivity index (χ0v) is 19.5. The molecule has 3 aromatic rings. The Morgan fingerprint density at radius 1 is 1.26 bits per heavy atom. The molecule has 34 heavy (non-hydrogen) atoms. The number of nitriles is 1. The first-order valence-electron chi connectivity index (χ1n) is 10.9. The number of fused-ring (bicyclic) bond motifs is 1. The minimum Gasteiger partial charge on any atom is -0.336 e. The lowest BCUT2D eigenvalue weighted by Gasteiger charge is -2.19. The highest BCUT2D eigenvalue weighted by Crippen LogP contribution is 2.32. The maximum atomic E-state index is 12.9. The van der Waals surface area contributed by atoms with E-state index in [1.807, 2.05) is 48.7 Å². The molecule has 176 valence electrons. The van der Waals surface area contributed by atoms with Gasteiger partial charge in [-0.05, 0) is 36.6 Å². The lowest BCUT2D eigenvalue weighted by Crippen LogP contribution is -2.30. The fourth-order valence-corrected chi connectivity index (χ4v) is 4.81. The number of thiophene rings is 1. The highest BCUT2D eigenvalue weighted by atomic mass is 32.1. The number of nitrogens with one attached hydrogen (secondary N) is 1. The highest BCUT2D eigenvalue weighted by molar-refractivity contribution is 7.14. The second-order valence-corrected chi connectivity index (χ2v) is 9.50. The minimum absolute atomic E-state index is 0.0687. The number of anilines is 1. The van der Waals surface area contributed by atoms with Crippen molar-refractivity contribution in [2.75, 3.05) is 18.4 Å². The Kier molecular flexibility index (Phi) is 6.75. The number of rotatable bonds is 6. The number of likely N-dealkylation sites (tertiary alicyclic amines) is 1. The quantitative estimate of drug-likeness (QED) is 0.387. The molecule has 1 saturated heterocycles. The molecule has 3 heterocycles. The molecular formula is C24H23F2N5O2S. The Bertz CT molecular complexity index is 1300. The van der Waals surface area contributed by atoms with Gasteiger partial charge in [0.2, 0.25) is 5.95 Å². The van der Waals surface area contributed by atoms with Crippen LogP contribution in [-0.4, -0.2) is 39.4 Å². The number of carbonyl (C=O) groups excluding carboxylic acids is 2. The molecule has 10 heteroatoms. The Morgan fingerprint density at radius 3 is 2.71 bits per heavy atom. The zero-order chi connectivity index (χ0) is 24.4. The molecule has 1 aliphatic rings. The molecule has 2 aromatic heterocycles. The van der Waals surface area contributed by atoms with Crippen molar-refractivity contribution in [3.05, 3.63) is 57.8 Å². The Hall–Kier alpha value is -3.58. The van der Waals surface area contributed by atoms with Gasteiger partial charge in [0.25, 0.3) is 18.2 Å². The van der Waals surface area contributed by atoms with Gasteiger partial charge in [-0.1, -0.05) is 32.1 Å². The van der Waals surface area contributed by atoms with Crippen molar-refractivity contribution in [3.63, 3.8) is 0 Å². The van der Waals surface area contributed by atoms with Crippen molar-refractivity contribution < 1.29 is 18.4 Å². The molecule has 4 rings (SSSR count). The topological polar surface area (TPSA) is 91.0 Å². The second kappa shape index (κ2) is 9.73. The molecule has 0 spiro atoms. The number of para-hydroxylation sites is 2. The molecule has 0 saturated carbocycles. The summed E-state index contributed by atoms with van der Waals surface area (Å²) in [6.45, 7) is 4.63. The van der Waals surface area contributed by atoms with E-state index in [1.54, 1.807) is 11.0 Å². The first-order valence-corrected chi connectivity index (χ1v) is 11.7. The molecular weight excluding hydrogens is 460 g/mol. The number of allylic oxidation sites excluding steroid dienone is 1. The van der Waals surface area contributed by atoms with Crippen molar-refractivity contribution >= 4 is 40.1 Å². The SMILES string of the molecule is CC(C)/C=C(\C#N)C(=O)N1CC[C@@H](n2c(NC(=O)c3ccc(C(F)F)s3)nc3ccccc32)C1. The highest BCUT2D eigenvalue weighted by Gasteiger charge is 2.32. The minimum atomic E-state index is -2.64. The third-order valence-corrected chi connectivity index (χ3v) is 6.64. The van der Waals surface area contributed by atoms with Crippen molar-refractivity contribution in [1.29, 1.82) is 5.26 Å². The molecule has 1 aromatic carbocycles. The van der Waals surface area contributed by atoms with Crippen LogP contribution in [0.15, 0.2) is 48.0 Å². The number of benzene rings is 1. The maximum Gasteiger partial charge on any atom is 0.272 e. The van der Waals surface area contributed by atoms with Crippen LogP contribution in [0.3, 0.4) is 0 Å². The monoisotopic (exact) mass is 483 g/mol. The normalized spacial score (nSPS) is 16.4. The van der Waals surface area contributed by atoms with Gasteiger partial charge >= 0.3 is 0 Å². The van der Waals surface area contributed by atoms with Gasteiger partial charge in [-0.2, -0.15) is 5.26 Å². The number of hydrogen-bond donors (Lipinski definition) is 1. The third kappa shape index (κ3) is 4.70.